The topological polar surface area (TPSA) is 9.23 Å². The van der Waals surface area contributed by atoms with E-state index in [1.807, 2.05) is 0 Å². The van der Waals surface area contributed by atoms with E-state index in [0.717, 1.165) is 24.3 Å². The summed E-state index contributed by atoms with van der Waals surface area (Å²) in [5.74, 6) is -2.64. The Bertz CT molecular complexity index is 638. The van der Waals surface area contributed by atoms with Crippen molar-refractivity contribution in [2.24, 2.45) is 0 Å². The highest BCUT2D eigenvalue weighted by atomic mass is 19.3. The predicted octanol–water partition coefficient (Wildman–Crippen LogP) is 4.71. The smallest absolute Gasteiger partial charge is 0.426 e. The number of aryl methyl sites for hydroxylation is 2. The molecule has 2 aromatic rings. The molecule has 0 heterocycles. The summed E-state index contributed by atoms with van der Waals surface area (Å²) in [7, 11) is 0. The Labute approximate surface area is 113 Å². The maximum absolute atomic E-state index is 13.9. The fourth-order valence-corrected chi connectivity index (χ4v) is 1.74. The lowest BCUT2D eigenvalue weighted by atomic mass is 10.1. The highest BCUT2D eigenvalue weighted by Crippen LogP contribution is 2.34. The molecule has 0 bridgehead atoms. The van der Waals surface area contributed by atoms with Crippen molar-refractivity contribution in [3.05, 3.63) is 64.7 Å². The number of ether oxygens (including phenoxy) is 1. The van der Waals surface area contributed by atoms with E-state index in [2.05, 4.69) is 4.74 Å². The fourth-order valence-electron chi connectivity index (χ4n) is 1.74. The summed E-state index contributed by atoms with van der Waals surface area (Å²) in [4.78, 5) is 0. The zero-order chi connectivity index (χ0) is 14.9. The van der Waals surface area contributed by atoms with Gasteiger partial charge in [-0.2, -0.15) is 8.78 Å². The minimum atomic E-state index is -3.95. The van der Waals surface area contributed by atoms with Gasteiger partial charge in [0.05, 0.1) is 5.56 Å². The first kappa shape index (κ1) is 14.4. The molecule has 0 N–H and O–H groups in total. The minimum absolute atomic E-state index is 0.503. The normalized spacial score (nSPS) is 11.5. The van der Waals surface area contributed by atoms with Crippen LogP contribution in [0.15, 0.2) is 36.4 Å². The van der Waals surface area contributed by atoms with Crippen molar-refractivity contribution in [3.8, 4) is 5.75 Å². The zero-order valence-electron chi connectivity index (χ0n) is 10.9. The van der Waals surface area contributed by atoms with Gasteiger partial charge in [0.15, 0.2) is 11.6 Å². The van der Waals surface area contributed by atoms with Gasteiger partial charge < -0.3 is 4.74 Å². The molecule has 0 aliphatic carbocycles. The van der Waals surface area contributed by atoms with Crippen molar-refractivity contribution in [1.82, 2.24) is 0 Å². The molecule has 0 atom stereocenters. The largest absolute Gasteiger partial charge is 0.429 e. The summed E-state index contributed by atoms with van der Waals surface area (Å²) in [6.45, 7) is 3.19. The Morgan fingerprint density at radius 2 is 1.40 bits per heavy atom. The molecule has 0 unspecified atom stereocenters. The highest BCUT2D eigenvalue weighted by molar-refractivity contribution is 5.31. The van der Waals surface area contributed by atoms with Gasteiger partial charge in [-0.05, 0) is 49.2 Å². The molecule has 0 radical (unpaired) electrons. The van der Waals surface area contributed by atoms with Crippen LogP contribution in [-0.2, 0) is 6.11 Å². The minimum Gasteiger partial charge on any atom is -0.426 e. The van der Waals surface area contributed by atoms with Crippen molar-refractivity contribution in [3.63, 3.8) is 0 Å². The first-order chi connectivity index (χ1) is 9.29. The van der Waals surface area contributed by atoms with Crippen LogP contribution in [0.3, 0.4) is 0 Å². The molecule has 2 rings (SSSR count). The van der Waals surface area contributed by atoms with Crippen molar-refractivity contribution in [1.29, 1.82) is 0 Å². The van der Waals surface area contributed by atoms with Crippen molar-refractivity contribution >= 4 is 0 Å². The number of alkyl halides is 2. The van der Waals surface area contributed by atoms with Crippen LogP contribution in [0.5, 0.6) is 5.75 Å². The summed E-state index contributed by atoms with van der Waals surface area (Å²) < 4.78 is 59.2. The van der Waals surface area contributed by atoms with Gasteiger partial charge in [-0.1, -0.05) is 12.1 Å². The Kier molecular flexibility index (Phi) is 3.70. The summed E-state index contributed by atoms with van der Waals surface area (Å²) >= 11 is 0. The molecule has 0 fully saturated rings. The number of benzene rings is 2. The van der Waals surface area contributed by atoms with Gasteiger partial charge in [-0.25, -0.2) is 8.78 Å². The lowest BCUT2D eigenvalue weighted by Crippen LogP contribution is -2.24. The van der Waals surface area contributed by atoms with Crippen LogP contribution in [-0.4, -0.2) is 0 Å². The maximum atomic E-state index is 13.9. The molecule has 0 aliphatic rings. The Balaban J connectivity index is 2.35. The van der Waals surface area contributed by atoms with E-state index in [9.17, 15) is 17.6 Å². The van der Waals surface area contributed by atoms with E-state index < -0.39 is 29.1 Å². The van der Waals surface area contributed by atoms with Crippen molar-refractivity contribution in [2.45, 2.75) is 20.0 Å². The number of hydrogen-bond acceptors (Lipinski definition) is 1. The molecule has 0 amide bonds. The SMILES string of the molecule is Cc1ccc(OC(F)(F)c2ccc(C)cc2F)c(F)c1. The summed E-state index contributed by atoms with van der Waals surface area (Å²) in [5, 5.41) is 0. The van der Waals surface area contributed by atoms with Gasteiger partial charge in [0.2, 0.25) is 0 Å². The van der Waals surface area contributed by atoms with E-state index in [0.29, 0.717) is 11.1 Å². The van der Waals surface area contributed by atoms with Crippen LogP contribution in [0, 0.1) is 25.5 Å². The second-order valence-electron chi connectivity index (χ2n) is 4.54. The maximum Gasteiger partial charge on any atom is 0.429 e. The summed E-state index contributed by atoms with van der Waals surface area (Å²) in [6, 6.07) is 6.82. The second-order valence-corrected chi connectivity index (χ2v) is 4.54. The van der Waals surface area contributed by atoms with Crippen LogP contribution in [0.2, 0.25) is 0 Å². The first-order valence-electron chi connectivity index (χ1n) is 5.89. The van der Waals surface area contributed by atoms with Crippen molar-refractivity contribution in [2.75, 3.05) is 0 Å². The standard InChI is InChI=1S/C15H12F4O/c1-9-3-5-11(12(16)7-9)15(18,19)20-14-6-4-10(2)8-13(14)17/h3-8H,1-2H3. The molecule has 0 spiro atoms. The molecular weight excluding hydrogens is 272 g/mol. The molecule has 1 nitrogen and oxygen atoms in total. The van der Waals surface area contributed by atoms with Gasteiger partial charge in [0, 0.05) is 0 Å². The third-order valence-corrected chi connectivity index (χ3v) is 2.76. The highest BCUT2D eigenvalue weighted by Gasteiger charge is 2.38. The molecule has 106 valence electrons. The fraction of sp³-hybridized carbons (Fsp3) is 0.200. The van der Waals surface area contributed by atoms with Gasteiger partial charge in [-0.15, -0.1) is 0 Å². The molecular formula is C15H12F4O. The van der Waals surface area contributed by atoms with E-state index in [4.69, 9.17) is 0 Å². The van der Waals surface area contributed by atoms with Crippen LogP contribution >= 0.6 is 0 Å². The molecule has 0 aromatic heterocycles. The second kappa shape index (κ2) is 5.15. The Hall–Kier alpha value is -2.04. The summed E-state index contributed by atoms with van der Waals surface area (Å²) in [6.07, 6.45) is -3.95. The quantitative estimate of drug-likeness (QED) is 0.742. The Morgan fingerprint density at radius 3 is 1.95 bits per heavy atom. The van der Waals surface area contributed by atoms with Gasteiger partial charge >= 0.3 is 6.11 Å². The molecule has 2 aromatic carbocycles. The lowest BCUT2D eigenvalue weighted by Gasteiger charge is -2.19. The van der Waals surface area contributed by atoms with Crippen molar-refractivity contribution < 1.29 is 22.3 Å². The van der Waals surface area contributed by atoms with Gasteiger partial charge in [-0.3, -0.25) is 0 Å². The van der Waals surface area contributed by atoms with Crippen LogP contribution in [0.25, 0.3) is 0 Å². The van der Waals surface area contributed by atoms with E-state index >= 15 is 0 Å². The molecule has 20 heavy (non-hydrogen) atoms. The molecule has 0 aliphatic heterocycles. The van der Waals surface area contributed by atoms with E-state index in [1.54, 1.807) is 13.8 Å². The third-order valence-electron chi connectivity index (χ3n) is 2.76. The summed E-state index contributed by atoms with van der Waals surface area (Å²) in [5.41, 5.74) is 0.145. The number of hydrogen-bond donors (Lipinski definition) is 0. The molecule has 5 heteroatoms. The van der Waals surface area contributed by atoms with E-state index in [-0.39, 0.29) is 0 Å². The number of rotatable bonds is 3. The van der Waals surface area contributed by atoms with Crippen LogP contribution in [0.4, 0.5) is 17.6 Å². The van der Waals surface area contributed by atoms with Gasteiger partial charge in [0.25, 0.3) is 0 Å². The third kappa shape index (κ3) is 2.92. The van der Waals surface area contributed by atoms with Gasteiger partial charge in [0.1, 0.15) is 5.82 Å². The lowest BCUT2D eigenvalue weighted by molar-refractivity contribution is -0.188. The monoisotopic (exact) mass is 284 g/mol. The van der Waals surface area contributed by atoms with Crippen LogP contribution in [0.1, 0.15) is 16.7 Å². The first-order valence-corrected chi connectivity index (χ1v) is 5.89. The molecule has 0 saturated heterocycles. The number of halogens is 4. The predicted molar refractivity (Wildman–Crippen MR) is 66.8 cm³/mol. The average Bonchev–Trinajstić information content (AvgIpc) is 2.32. The average molecular weight is 284 g/mol. The molecule has 0 saturated carbocycles. The van der Waals surface area contributed by atoms with Crippen LogP contribution < -0.4 is 4.74 Å². The Morgan fingerprint density at radius 1 is 0.850 bits per heavy atom. The zero-order valence-corrected chi connectivity index (χ0v) is 10.9. The van der Waals surface area contributed by atoms with E-state index in [1.165, 1.54) is 12.1 Å².